The molecule has 0 amide bonds. The summed E-state index contributed by atoms with van der Waals surface area (Å²) in [6.45, 7) is 3.96. The molecule has 0 aliphatic carbocycles. The first kappa shape index (κ1) is 10.2. The van der Waals surface area contributed by atoms with Crippen molar-refractivity contribution in [3.8, 4) is 0 Å². The third-order valence-corrected chi connectivity index (χ3v) is 2.61. The van der Waals surface area contributed by atoms with Crippen molar-refractivity contribution in [1.29, 1.82) is 0 Å². The van der Waals surface area contributed by atoms with E-state index < -0.39 is 0 Å². The van der Waals surface area contributed by atoms with Gasteiger partial charge in [-0.3, -0.25) is 4.84 Å². The predicted octanol–water partition coefficient (Wildman–Crippen LogP) is 2.38. The molecule has 1 aromatic heterocycles. The van der Waals surface area contributed by atoms with Gasteiger partial charge in [0, 0.05) is 23.5 Å². The number of hydrogen-bond donors (Lipinski definition) is 2. The quantitative estimate of drug-likeness (QED) is 0.754. The number of hydrogen-bond acceptors (Lipinski definition) is 2. The Morgan fingerprint density at radius 1 is 1.33 bits per heavy atom. The van der Waals surface area contributed by atoms with E-state index >= 15 is 0 Å². The maximum Gasteiger partial charge on any atom is 0.0878 e. The molecule has 0 spiro atoms. The first-order chi connectivity index (χ1) is 7.12. The zero-order valence-corrected chi connectivity index (χ0v) is 9.08. The summed E-state index contributed by atoms with van der Waals surface area (Å²) in [6, 6.07) is 8.23. The standard InChI is InChI=1S/C12H16N2O/c1-12(2,15-13)7-9-8-14-11-6-4-3-5-10(9)11/h3-6,8,14H,7,13H2,1-2H3. The fraction of sp³-hybridized carbons (Fsp3) is 0.333. The highest BCUT2D eigenvalue weighted by atomic mass is 16.6. The normalized spacial score (nSPS) is 12.2. The van der Waals surface area contributed by atoms with E-state index in [0.29, 0.717) is 0 Å². The molecule has 0 bridgehead atoms. The van der Waals surface area contributed by atoms with Crippen molar-refractivity contribution in [3.05, 3.63) is 36.0 Å². The molecule has 0 unspecified atom stereocenters. The molecule has 0 saturated heterocycles. The van der Waals surface area contributed by atoms with Crippen LogP contribution in [0.15, 0.2) is 30.5 Å². The number of aromatic amines is 1. The maximum atomic E-state index is 5.26. The van der Waals surface area contributed by atoms with Gasteiger partial charge in [0.1, 0.15) is 0 Å². The summed E-state index contributed by atoms with van der Waals surface area (Å²) in [5.74, 6) is 5.26. The lowest BCUT2D eigenvalue weighted by molar-refractivity contribution is -0.0185. The van der Waals surface area contributed by atoms with Gasteiger partial charge in [-0.25, -0.2) is 5.90 Å². The largest absolute Gasteiger partial charge is 0.361 e. The molecule has 3 nitrogen and oxygen atoms in total. The monoisotopic (exact) mass is 204 g/mol. The van der Waals surface area contributed by atoms with Crippen LogP contribution in [0.5, 0.6) is 0 Å². The SMILES string of the molecule is CC(C)(Cc1c[nH]c2ccccc12)ON. The minimum Gasteiger partial charge on any atom is -0.361 e. The second kappa shape index (κ2) is 3.68. The first-order valence-corrected chi connectivity index (χ1v) is 5.05. The molecule has 3 N–H and O–H groups in total. The Hall–Kier alpha value is -1.32. The number of nitrogens with one attached hydrogen (secondary N) is 1. The van der Waals surface area contributed by atoms with Crippen LogP contribution >= 0.6 is 0 Å². The van der Waals surface area contributed by atoms with Crippen molar-refractivity contribution in [1.82, 2.24) is 4.98 Å². The van der Waals surface area contributed by atoms with Crippen molar-refractivity contribution in [2.24, 2.45) is 5.90 Å². The summed E-state index contributed by atoms with van der Waals surface area (Å²) in [7, 11) is 0. The molecule has 80 valence electrons. The molecular formula is C12H16N2O. The second-order valence-electron chi connectivity index (χ2n) is 4.41. The second-order valence-corrected chi connectivity index (χ2v) is 4.41. The first-order valence-electron chi connectivity index (χ1n) is 5.05. The Balaban J connectivity index is 2.37. The predicted molar refractivity (Wildman–Crippen MR) is 61.4 cm³/mol. The molecule has 0 radical (unpaired) electrons. The van der Waals surface area contributed by atoms with E-state index in [9.17, 15) is 0 Å². The zero-order valence-electron chi connectivity index (χ0n) is 9.08. The molecule has 2 rings (SSSR count). The van der Waals surface area contributed by atoms with Crippen LogP contribution in [0.1, 0.15) is 19.4 Å². The van der Waals surface area contributed by atoms with E-state index in [2.05, 4.69) is 17.1 Å². The summed E-state index contributed by atoms with van der Waals surface area (Å²) in [5, 5.41) is 1.24. The molecule has 1 aromatic carbocycles. The van der Waals surface area contributed by atoms with Crippen LogP contribution in [-0.2, 0) is 11.3 Å². The highest BCUT2D eigenvalue weighted by Crippen LogP contribution is 2.23. The van der Waals surface area contributed by atoms with Gasteiger partial charge in [0.2, 0.25) is 0 Å². The fourth-order valence-electron chi connectivity index (χ4n) is 1.78. The summed E-state index contributed by atoms with van der Waals surface area (Å²) in [6.07, 6.45) is 2.82. The number of fused-ring (bicyclic) bond motifs is 1. The van der Waals surface area contributed by atoms with Crippen LogP contribution < -0.4 is 5.90 Å². The molecule has 0 atom stereocenters. The van der Waals surface area contributed by atoms with Gasteiger partial charge in [0.05, 0.1) is 5.60 Å². The molecule has 3 heteroatoms. The Labute approximate surface area is 89.2 Å². The minimum absolute atomic E-state index is 0.328. The van der Waals surface area contributed by atoms with Crippen LogP contribution in [0.4, 0.5) is 0 Å². The molecule has 0 fully saturated rings. The van der Waals surface area contributed by atoms with Crippen LogP contribution in [0.3, 0.4) is 0 Å². The Morgan fingerprint density at radius 3 is 2.80 bits per heavy atom. The van der Waals surface area contributed by atoms with Crippen molar-refractivity contribution in [2.45, 2.75) is 25.9 Å². The molecule has 0 saturated carbocycles. The van der Waals surface area contributed by atoms with Crippen molar-refractivity contribution in [2.75, 3.05) is 0 Å². The topological polar surface area (TPSA) is 51.0 Å². The fourth-order valence-corrected chi connectivity index (χ4v) is 1.78. The zero-order chi connectivity index (χ0) is 10.9. The summed E-state index contributed by atoms with van der Waals surface area (Å²) >= 11 is 0. The third kappa shape index (κ3) is 2.03. The van der Waals surface area contributed by atoms with Gasteiger partial charge < -0.3 is 4.98 Å². The molecular weight excluding hydrogens is 188 g/mol. The van der Waals surface area contributed by atoms with Crippen molar-refractivity contribution in [3.63, 3.8) is 0 Å². The van der Waals surface area contributed by atoms with E-state index in [-0.39, 0.29) is 5.60 Å². The van der Waals surface area contributed by atoms with Crippen LogP contribution in [0.25, 0.3) is 10.9 Å². The van der Waals surface area contributed by atoms with Gasteiger partial charge in [0.15, 0.2) is 0 Å². The number of para-hydroxylation sites is 1. The van der Waals surface area contributed by atoms with Crippen molar-refractivity contribution >= 4 is 10.9 Å². The van der Waals surface area contributed by atoms with Gasteiger partial charge in [-0.15, -0.1) is 0 Å². The third-order valence-electron chi connectivity index (χ3n) is 2.61. The van der Waals surface area contributed by atoms with Gasteiger partial charge in [-0.05, 0) is 25.5 Å². The maximum absolute atomic E-state index is 5.26. The van der Waals surface area contributed by atoms with E-state index in [4.69, 9.17) is 10.7 Å². The number of H-pyrrole nitrogens is 1. The van der Waals surface area contributed by atoms with E-state index in [1.807, 2.05) is 32.2 Å². The number of nitrogens with two attached hydrogens (primary N) is 1. The molecule has 2 aromatic rings. The van der Waals surface area contributed by atoms with Crippen molar-refractivity contribution < 1.29 is 4.84 Å². The Kier molecular flexibility index (Phi) is 2.50. The highest BCUT2D eigenvalue weighted by Gasteiger charge is 2.19. The molecule has 15 heavy (non-hydrogen) atoms. The lowest BCUT2D eigenvalue weighted by Crippen LogP contribution is -2.30. The number of benzene rings is 1. The highest BCUT2D eigenvalue weighted by molar-refractivity contribution is 5.83. The van der Waals surface area contributed by atoms with E-state index in [0.717, 1.165) is 11.9 Å². The average Bonchev–Trinajstić information content (AvgIpc) is 2.62. The van der Waals surface area contributed by atoms with Crippen LogP contribution in [0, 0.1) is 0 Å². The van der Waals surface area contributed by atoms with Gasteiger partial charge in [-0.2, -0.15) is 0 Å². The summed E-state index contributed by atoms with van der Waals surface area (Å²) in [5.41, 5.74) is 2.06. The van der Waals surface area contributed by atoms with Gasteiger partial charge in [0.25, 0.3) is 0 Å². The lowest BCUT2D eigenvalue weighted by atomic mass is 9.98. The molecule has 1 heterocycles. The van der Waals surface area contributed by atoms with Gasteiger partial charge >= 0.3 is 0 Å². The van der Waals surface area contributed by atoms with E-state index in [1.165, 1.54) is 10.9 Å². The summed E-state index contributed by atoms with van der Waals surface area (Å²) < 4.78 is 0. The van der Waals surface area contributed by atoms with E-state index in [1.54, 1.807) is 0 Å². The average molecular weight is 204 g/mol. The Morgan fingerprint density at radius 2 is 2.07 bits per heavy atom. The Bertz CT molecular complexity index is 459. The number of aromatic nitrogens is 1. The van der Waals surface area contributed by atoms with Crippen LogP contribution in [-0.4, -0.2) is 10.6 Å². The molecule has 0 aliphatic rings. The lowest BCUT2D eigenvalue weighted by Gasteiger charge is -2.21. The summed E-state index contributed by atoms with van der Waals surface area (Å²) in [4.78, 5) is 8.18. The molecule has 0 aliphatic heterocycles. The number of rotatable bonds is 3. The van der Waals surface area contributed by atoms with Gasteiger partial charge in [-0.1, -0.05) is 18.2 Å². The smallest absolute Gasteiger partial charge is 0.0878 e. The minimum atomic E-state index is -0.328. The van der Waals surface area contributed by atoms with Crippen LogP contribution in [0.2, 0.25) is 0 Å².